The highest BCUT2D eigenvalue weighted by Crippen LogP contribution is 2.52. The molecule has 0 N–H and O–H groups in total. The maximum atomic E-state index is 13.2. The molecule has 0 bridgehead atoms. The summed E-state index contributed by atoms with van der Waals surface area (Å²) in [7, 11) is 1.47. The van der Waals surface area contributed by atoms with E-state index in [4.69, 9.17) is 21.1 Å². The van der Waals surface area contributed by atoms with Gasteiger partial charge in [-0.05, 0) is 19.4 Å². The van der Waals surface area contributed by atoms with E-state index in [9.17, 15) is 13.2 Å². The Hall–Kier alpha value is -0.940. The monoisotopic (exact) mass is 322 g/mol. The molecule has 2 nitrogen and oxygen atoms in total. The van der Waals surface area contributed by atoms with Crippen LogP contribution in [0.4, 0.5) is 13.2 Å². The van der Waals surface area contributed by atoms with E-state index in [2.05, 4.69) is 0 Å². The van der Waals surface area contributed by atoms with E-state index in [0.29, 0.717) is 16.3 Å². The van der Waals surface area contributed by atoms with Crippen LogP contribution in [0.5, 0.6) is 5.75 Å². The van der Waals surface area contributed by atoms with E-state index >= 15 is 0 Å². The molecule has 1 aliphatic heterocycles. The zero-order valence-corrected chi connectivity index (χ0v) is 13.1. The highest BCUT2D eigenvalue weighted by Gasteiger charge is 2.61. The lowest BCUT2D eigenvalue weighted by molar-refractivity contribution is -0.266. The van der Waals surface area contributed by atoms with Gasteiger partial charge in [0.1, 0.15) is 5.75 Å². The molecule has 0 saturated carbocycles. The summed E-state index contributed by atoms with van der Waals surface area (Å²) in [5.74, 6) is -0.710. The Balaban J connectivity index is 2.44. The Kier molecular flexibility index (Phi) is 4.19. The van der Waals surface area contributed by atoms with Gasteiger partial charge in [-0.25, -0.2) is 0 Å². The Bertz CT molecular complexity index is 544. The molecular weight excluding hydrogens is 305 g/mol. The van der Waals surface area contributed by atoms with E-state index in [1.54, 1.807) is 19.1 Å². The average molecular weight is 323 g/mol. The molecule has 118 valence electrons. The normalized spacial score (nSPS) is 29.7. The number of aryl methyl sites for hydroxylation is 1. The van der Waals surface area contributed by atoms with Crippen molar-refractivity contribution in [2.24, 2.45) is 5.92 Å². The number of methoxy groups -OCH3 is 1. The van der Waals surface area contributed by atoms with Crippen LogP contribution in [0, 0.1) is 12.8 Å². The number of benzene rings is 1. The molecule has 3 atom stereocenters. The van der Waals surface area contributed by atoms with Crippen molar-refractivity contribution in [1.82, 2.24) is 0 Å². The van der Waals surface area contributed by atoms with Crippen molar-refractivity contribution in [3.8, 4) is 5.75 Å². The van der Waals surface area contributed by atoms with Crippen LogP contribution in [-0.2, 0) is 4.74 Å². The summed E-state index contributed by atoms with van der Waals surface area (Å²) in [5.41, 5.74) is -0.670. The van der Waals surface area contributed by atoms with Gasteiger partial charge < -0.3 is 9.47 Å². The van der Waals surface area contributed by atoms with Crippen LogP contribution in [0.1, 0.15) is 30.9 Å². The third kappa shape index (κ3) is 2.50. The van der Waals surface area contributed by atoms with Crippen molar-refractivity contribution in [1.29, 1.82) is 0 Å². The molecule has 1 heterocycles. The summed E-state index contributed by atoms with van der Waals surface area (Å²) in [5, 5.41) is 0.433. The van der Waals surface area contributed by atoms with Gasteiger partial charge in [-0.1, -0.05) is 30.7 Å². The number of ether oxygens (including phenoxy) is 2. The average Bonchev–Trinajstić information content (AvgIpc) is 2.70. The molecular formula is C15H18ClF3O2. The van der Waals surface area contributed by atoms with Crippen LogP contribution in [0.2, 0.25) is 5.02 Å². The van der Waals surface area contributed by atoms with Gasteiger partial charge in [-0.2, -0.15) is 13.2 Å². The van der Waals surface area contributed by atoms with Gasteiger partial charge in [-0.3, -0.25) is 0 Å². The second-order valence-electron chi connectivity index (χ2n) is 5.63. The van der Waals surface area contributed by atoms with Crippen molar-refractivity contribution in [2.75, 3.05) is 13.7 Å². The number of hydrogen-bond acceptors (Lipinski definition) is 2. The van der Waals surface area contributed by atoms with Crippen LogP contribution >= 0.6 is 11.6 Å². The number of halogens is 4. The molecule has 21 heavy (non-hydrogen) atoms. The van der Waals surface area contributed by atoms with Gasteiger partial charge in [-0.15, -0.1) is 0 Å². The Morgan fingerprint density at radius 2 is 2.00 bits per heavy atom. The molecule has 1 fully saturated rings. The molecule has 2 unspecified atom stereocenters. The topological polar surface area (TPSA) is 18.5 Å². The fraction of sp³-hybridized carbons (Fsp3) is 0.600. The fourth-order valence-electron chi connectivity index (χ4n) is 2.79. The Labute approximate surface area is 127 Å². The predicted octanol–water partition coefficient (Wildman–Crippen LogP) is 4.73. The summed E-state index contributed by atoms with van der Waals surface area (Å²) in [6.07, 6.45) is -4.41. The second-order valence-corrected chi connectivity index (χ2v) is 6.01. The van der Waals surface area contributed by atoms with Crippen LogP contribution in [0.15, 0.2) is 12.1 Å². The molecule has 2 rings (SSSR count). The minimum atomic E-state index is -4.41. The smallest absolute Gasteiger partial charge is 0.417 e. The van der Waals surface area contributed by atoms with Crippen molar-refractivity contribution in [3.63, 3.8) is 0 Å². The maximum absolute atomic E-state index is 13.2. The summed E-state index contributed by atoms with van der Waals surface area (Å²) in [6.45, 7) is 4.47. The van der Waals surface area contributed by atoms with Gasteiger partial charge in [0.2, 0.25) is 0 Å². The van der Waals surface area contributed by atoms with Crippen molar-refractivity contribution in [2.45, 2.75) is 38.5 Å². The molecule has 1 aromatic carbocycles. The lowest BCUT2D eigenvalue weighted by atomic mass is 9.79. The number of alkyl halides is 3. The number of hydrogen-bond donors (Lipinski definition) is 0. The fourth-order valence-corrected chi connectivity index (χ4v) is 3.04. The summed E-state index contributed by atoms with van der Waals surface area (Å²) < 4.78 is 50.1. The van der Waals surface area contributed by atoms with Crippen molar-refractivity contribution >= 4 is 11.6 Å². The maximum Gasteiger partial charge on any atom is 0.417 e. The minimum Gasteiger partial charge on any atom is -0.495 e. The van der Waals surface area contributed by atoms with E-state index in [1.165, 1.54) is 7.11 Å². The van der Waals surface area contributed by atoms with Crippen LogP contribution in [0.3, 0.4) is 0 Å². The lowest BCUT2D eigenvalue weighted by Crippen LogP contribution is -2.46. The van der Waals surface area contributed by atoms with Crippen molar-refractivity contribution < 1.29 is 22.6 Å². The lowest BCUT2D eigenvalue weighted by Gasteiger charge is -2.32. The standard InChI is InChI=1S/C15H18ClF3O2/c1-8-5-6-10(13(20-4)12(8)16)11-7-21-14(3,9(11)2)15(17,18)19/h5-6,9,11H,7H2,1-4H3/t9?,11?,14-/m1/s1. The largest absolute Gasteiger partial charge is 0.495 e. The molecule has 1 aliphatic rings. The van der Waals surface area contributed by atoms with Gasteiger partial charge in [0.05, 0.1) is 18.7 Å². The summed E-state index contributed by atoms with van der Waals surface area (Å²) in [6, 6.07) is 3.56. The van der Waals surface area contributed by atoms with E-state index < -0.39 is 23.6 Å². The van der Waals surface area contributed by atoms with Gasteiger partial charge >= 0.3 is 6.18 Å². The summed E-state index contributed by atoms with van der Waals surface area (Å²) >= 11 is 6.20. The first-order chi connectivity index (χ1) is 9.63. The number of rotatable bonds is 2. The SMILES string of the molecule is COc1c(C2CO[C@@](C)(C(F)(F)F)C2C)ccc(C)c1Cl. The predicted molar refractivity (Wildman–Crippen MR) is 75.1 cm³/mol. The minimum absolute atomic E-state index is 0.00702. The molecule has 0 radical (unpaired) electrons. The zero-order chi connectivity index (χ0) is 16.0. The zero-order valence-electron chi connectivity index (χ0n) is 12.3. The van der Waals surface area contributed by atoms with E-state index in [0.717, 1.165) is 12.5 Å². The Morgan fingerprint density at radius 1 is 1.38 bits per heavy atom. The molecule has 1 aromatic rings. The Morgan fingerprint density at radius 3 is 2.48 bits per heavy atom. The van der Waals surface area contributed by atoms with E-state index in [-0.39, 0.29) is 6.61 Å². The van der Waals surface area contributed by atoms with E-state index in [1.807, 2.05) is 6.92 Å². The first-order valence-electron chi connectivity index (χ1n) is 6.67. The first-order valence-corrected chi connectivity index (χ1v) is 7.05. The highest BCUT2D eigenvalue weighted by atomic mass is 35.5. The van der Waals surface area contributed by atoms with Gasteiger partial charge in [0, 0.05) is 17.4 Å². The summed E-state index contributed by atoms with van der Waals surface area (Å²) in [4.78, 5) is 0. The highest BCUT2D eigenvalue weighted by molar-refractivity contribution is 6.33. The quantitative estimate of drug-likeness (QED) is 0.784. The molecule has 0 spiro atoms. The molecule has 0 aliphatic carbocycles. The third-order valence-corrected chi connectivity index (χ3v) is 4.99. The second kappa shape index (κ2) is 5.36. The van der Waals surface area contributed by atoms with Crippen LogP contribution in [0.25, 0.3) is 0 Å². The molecule has 0 amide bonds. The van der Waals surface area contributed by atoms with Crippen LogP contribution in [-0.4, -0.2) is 25.5 Å². The molecule has 6 heteroatoms. The molecule has 0 aromatic heterocycles. The van der Waals surface area contributed by atoms with Crippen molar-refractivity contribution in [3.05, 3.63) is 28.3 Å². The first kappa shape index (κ1) is 16.4. The molecule has 1 saturated heterocycles. The van der Waals surface area contributed by atoms with Gasteiger partial charge in [0.25, 0.3) is 0 Å². The van der Waals surface area contributed by atoms with Gasteiger partial charge in [0.15, 0.2) is 5.60 Å². The third-order valence-electron chi connectivity index (χ3n) is 4.52. The van der Waals surface area contributed by atoms with Crippen LogP contribution < -0.4 is 4.74 Å².